The number of alkyl halides is 3. The van der Waals surface area contributed by atoms with Gasteiger partial charge < -0.3 is 0 Å². The highest BCUT2D eigenvalue weighted by Gasteiger charge is 2.64. The number of fused-ring (bicyclic) bond motifs is 1. The van der Waals surface area contributed by atoms with Crippen molar-refractivity contribution in [3.63, 3.8) is 0 Å². The molecule has 0 atom stereocenters. The van der Waals surface area contributed by atoms with Crippen molar-refractivity contribution in [3.05, 3.63) is 75.9 Å². The first-order chi connectivity index (χ1) is 16.5. The molecule has 4 aromatic rings. The van der Waals surface area contributed by atoms with Crippen molar-refractivity contribution in [1.82, 2.24) is 19.2 Å². The van der Waals surface area contributed by atoms with Crippen LogP contribution in [0.2, 0.25) is 5.02 Å². The van der Waals surface area contributed by atoms with E-state index in [1.807, 2.05) is 0 Å². The summed E-state index contributed by atoms with van der Waals surface area (Å²) in [6, 6.07) is 10.7. The van der Waals surface area contributed by atoms with Gasteiger partial charge in [0.2, 0.25) is 0 Å². The van der Waals surface area contributed by atoms with E-state index in [9.17, 15) is 26.4 Å². The van der Waals surface area contributed by atoms with Crippen LogP contribution >= 0.6 is 11.6 Å². The minimum Gasteiger partial charge on any atom is -0.250 e. The topological polar surface area (TPSA) is 86.3 Å². The maximum Gasteiger partial charge on any atom is 0.398 e. The summed E-state index contributed by atoms with van der Waals surface area (Å²) in [6.45, 7) is 1.46. The molecule has 0 radical (unpaired) electrons. The molecule has 0 spiro atoms. The highest BCUT2D eigenvalue weighted by molar-refractivity contribution is 7.91. The first-order valence-corrected chi connectivity index (χ1v) is 12.7. The molecule has 0 unspecified atom stereocenters. The minimum atomic E-state index is -4.44. The van der Waals surface area contributed by atoms with Crippen LogP contribution in [0.15, 0.2) is 64.5 Å². The van der Waals surface area contributed by atoms with E-state index < -0.39 is 27.1 Å². The second-order valence-corrected chi connectivity index (χ2v) is 11.1. The Morgan fingerprint density at radius 2 is 1.77 bits per heavy atom. The van der Waals surface area contributed by atoms with Crippen molar-refractivity contribution >= 4 is 27.1 Å². The predicted molar refractivity (Wildman–Crippen MR) is 124 cm³/mol. The zero-order valence-corrected chi connectivity index (χ0v) is 19.8. The lowest BCUT2D eigenvalue weighted by Gasteiger charge is -2.19. The fourth-order valence-electron chi connectivity index (χ4n) is 4.04. The van der Waals surface area contributed by atoms with Gasteiger partial charge >= 0.3 is 11.9 Å². The molecule has 1 aliphatic rings. The molecule has 1 aromatic carbocycles. The first-order valence-electron chi connectivity index (χ1n) is 10.6. The van der Waals surface area contributed by atoms with E-state index in [4.69, 9.17) is 11.6 Å². The van der Waals surface area contributed by atoms with Crippen LogP contribution in [-0.4, -0.2) is 39.5 Å². The van der Waals surface area contributed by atoms with E-state index in [1.165, 1.54) is 31.3 Å². The predicted octanol–water partition coefficient (Wildman–Crippen LogP) is 4.59. The molecular weight excluding hydrogens is 505 g/mol. The number of nitrogens with zero attached hydrogens (tertiary/aromatic N) is 4. The summed E-state index contributed by atoms with van der Waals surface area (Å²) in [7, 11) is -3.86. The number of hydrogen-bond donors (Lipinski definition) is 0. The number of aromatic nitrogens is 4. The summed E-state index contributed by atoms with van der Waals surface area (Å²) in [6.07, 6.45) is -2.04. The maximum absolute atomic E-state index is 13.6. The lowest BCUT2D eigenvalue weighted by Crippen LogP contribution is -2.29. The van der Waals surface area contributed by atoms with E-state index in [0.717, 1.165) is 15.3 Å². The van der Waals surface area contributed by atoms with Gasteiger partial charge in [0.15, 0.2) is 21.3 Å². The highest BCUT2D eigenvalue weighted by Crippen LogP contribution is 2.58. The summed E-state index contributed by atoms with van der Waals surface area (Å²) in [4.78, 5) is 17.2. The SMILES string of the molecule is CCS(=O)(=O)c1cc(-c2ccc(Cl)cc2)cnc1-n1nc2ccc(C3(C(F)(F)F)CC3)cn2c1=O. The number of benzene rings is 1. The summed E-state index contributed by atoms with van der Waals surface area (Å²) in [5.41, 5.74) is -1.61. The third-order valence-electron chi connectivity index (χ3n) is 6.29. The molecule has 7 nitrogen and oxygen atoms in total. The van der Waals surface area contributed by atoms with E-state index in [-0.39, 0.29) is 40.5 Å². The van der Waals surface area contributed by atoms with Crippen LogP contribution < -0.4 is 5.69 Å². The normalized spacial score (nSPS) is 15.5. The van der Waals surface area contributed by atoms with Gasteiger partial charge in [-0.05, 0) is 48.2 Å². The smallest absolute Gasteiger partial charge is 0.250 e. The lowest BCUT2D eigenvalue weighted by molar-refractivity contribution is -0.160. The molecule has 0 saturated heterocycles. The summed E-state index contributed by atoms with van der Waals surface area (Å²) in [5, 5.41) is 4.66. The zero-order valence-electron chi connectivity index (χ0n) is 18.3. The molecule has 1 saturated carbocycles. The molecule has 5 rings (SSSR count). The van der Waals surface area contributed by atoms with Gasteiger partial charge in [0.1, 0.15) is 4.90 Å². The monoisotopic (exact) mass is 522 g/mol. The lowest BCUT2D eigenvalue weighted by atomic mass is 9.97. The van der Waals surface area contributed by atoms with Crippen molar-refractivity contribution in [2.75, 3.05) is 5.75 Å². The molecule has 35 heavy (non-hydrogen) atoms. The van der Waals surface area contributed by atoms with Crippen molar-refractivity contribution < 1.29 is 21.6 Å². The Bertz CT molecular complexity index is 1620. The third kappa shape index (κ3) is 3.82. The van der Waals surface area contributed by atoms with Gasteiger partial charge in [0.05, 0.1) is 11.2 Å². The number of pyridine rings is 2. The van der Waals surface area contributed by atoms with Crippen molar-refractivity contribution in [3.8, 4) is 16.9 Å². The zero-order chi connectivity index (χ0) is 25.2. The number of rotatable bonds is 5. The van der Waals surface area contributed by atoms with Crippen molar-refractivity contribution in [1.29, 1.82) is 0 Å². The Morgan fingerprint density at radius 3 is 2.37 bits per heavy atom. The molecule has 0 amide bonds. The summed E-state index contributed by atoms with van der Waals surface area (Å²) < 4.78 is 68.4. The molecule has 3 heterocycles. The van der Waals surface area contributed by atoms with Crippen molar-refractivity contribution in [2.24, 2.45) is 0 Å². The minimum absolute atomic E-state index is 0.0356. The number of sulfone groups is 1. The number of halogens is 4. The first kappa shape index (κ1) is 23.6. The standard InChI is InChI=1S/C23H18ClF3N4O3S/c1-2-35(33,34)18-11-15(14-3-6-17(24)7-4-14)12-28-20(18)31-21(32)30-13-16(5-8-19(30)29-31)22(9-10-22)23(25,26)27/h3-8,11-13H,2,9-10H2,1H3. The fourth-order valence-corrected chi connectivity index (χ4v) is 5.20. The molecule has 0 bridgehead atoms. The van der Waals surface area contributed by atoms with Gasteiger partial charge in [-0.1, -0.05) is 36.7 Å². The van der Waals surface area contributed by atoms with Crippen LogP contribution in [-0.2, 0) is 15.3 Å². The van der Waals surface area contributed by atoms with Gasteiger partial charge in [-0.2, -0.15) is 17.9 Å². The Hall–Kier alpha value is -3.18. The van der Waals surface area contributed by atoms with Crippen LogP contribution in [0.1, 0.15) is 25.3 Å². The second kappa shape index (κ2) is 7.92. The molecule has 0 N–H and O–H groups in total. The largest absolute Gasteiger partial charge is 0.398 e. The van der Waals surface area contributed by atoms with Crippen LogP contribution in [0.5, 0.6) is 0 Å². The molecule has 182 valence electrons. The van der Waals surface area contributed by atoms with E-state index in [2.05, 4.69) is 10.1 Å². The molecule has 0 aliphatic heterocycles. The Labute approximate surface area is 202 Å². The molecule has 1 aliphatic carbocycles. The van der Waals surface area contributed by atoms with Crippen molar-refractivity contribution in [2.45, 2.75) is 36.3 Å². The average molecular weight is 523 g/mol. The molecule has 12 heteroatoms. The van der Waals surface area contributed by atoms with Crippen LogP contribution in [0.25, 0.3) is 22.6 Å². The van der Waals surface area contributed by atoms with Crippen LogP contribution in [0.3, 0.4) is 0 Å². The molecule has 1 fully saturated rings. The maximum atomic E-state index is 13.6. The fraction of sp³-hybridized carbons (Fsp3) is 0.261. The van der Waals surface area contributed by atoms with Crippen LogP contribution in [0, 0.1) is 0 Å². The molecule has 3 aromatic heterocycles. The van der Waals surface area contributed by atoms with Gasteiger partial charge in [0.25, 0.3) is 0 Å². The number of hydrogen-bond acceptors (Lipinski definition) is 5. The molecular formula is C23H18ClF3N4O3S. The highest BCUT2D eigenvalue weighted by atomic mass is 35.5. The Kier molecular flexibility index (Phi) is 5.33. The van der Waals surface area contributed by atoms with Gasteiger partial charge in [-0.15, -0.1) is 5.10 Å². The quantitative estimate of drug-likeness (QED) is 0.383. The Balaban J connectivity index is 1.68. The Morgan fingerprint density at radius 1 is 1.09 bits per heavy atom. The van der Waals surface area contributed by atoms with Gasteiger partial charge in [0, 0.05) is 23.0 Å². The van der Waals surface area contributed by atoms with E-state index in [1.54, 1.807) is 24.3 Å². The third-order valence-corrected chi connectivity index (χ3v) is 8.27. The summed E-state index contributed by atoms with van der Waals surface area (Å²) in [5.74, 6) is -0.483. The van der Waals surface area contributed by atoms with E-state index >= 15 is 0 Å². The average Bonchev–Trinajstić information content (AvgIpc) is 3.59. The van der Waals surface area contributed by atoms with Crippen LogP contribution in [0.4, 0.5) is 13.2 Å². The van der Waals surface area contributed by atoms with E-state index in [0.29, 0.717) is 16.1 Å². The summed E-state index contributed by atoms with van der Waals surface area (Å²) >= 11 is 5.93. The second-order valence-electron chi connectivity index (χ2n) is 8.38. The van der Waals surface area contributed by atoms with Gasteiger partial charge in [-0.3, -0.25) is 0 Å². The van der Waals surface area contributed by atoms with Gasteiger partial charge in [-0.25, -0.2) is 22.6 Å².